The van der Waals surface area contributed by atoms with Gasteiger partial charge in [-0.05, 0) is 61.6 Å². The van der Waals surface area contributed by atoms with E-state index >= 15 is 0 Å². The van der Waals surface area contributed by atoms with E-state index in [0.29, 0.717) is 28.2 Å². The number of nitrogens with one attached hydrogen (secondary N) is 1. The molecule has 0 aromatic heterocycles. The Kier molecular flexibility index (Phi) is 5.67. The summed E-state index contributed by atoms with van der Waals surface area (Å²) < 4.78 is 34.0. The van der Waals surface area contributed by atoms with Gasteiger partial charge < -0.3 is 4.74 Å². The van der Waals surface area contributed by atoms with Crippen molar-refractivity contribution < 1.29 is 13.2 Å². The number of sulfonamides is 1. The van der Waals surface area contributed by atoms with Crippen LogP contribution in [0.1, 0.15) is 41.6 Å². The highest BCUT2D eigenvalue weighted by molar-refractivity contribution is 7.89. The quantitative estimate of drug-likeness (QED) is 0.858. The van der Waals surface area contributed by atoms with Crippen LogP contribution in [0.15, 0.2) is 41.3 Å². The molecule has 0 spiro atoms. The van der Waals surface area contributed by atoms with Gasteiger partial charge in [-0.25, -0.2) is 13.1 Å². The molecule has 5 heteroatoms. The van der Waals surface area contributed by atoms with Crippen molar-refractivity contribution in [2.45, 2.75) is 45.1 Å². The Labute approximate surface area is 144 Å². The molecule has 0 amide bonds. The maximum absolute atomic E-state index is 13.0. The van der Waals surface area contributed by atoms with E-state index in [1.165, 1.54) is 0 Å². The van der Waals surface area contributed by atoms with E-state index in [-0.39, 0.29) is 6.04 Å². The predicted octanol–water partition coefficient (Wildman–Crippen LogP) is 4.05. The van der Waals surface area contributed by atoms with E-state index in [2.05, 4.69) is 4.72 Å². The lowest BCUT2D eigenvalue weighted by molar-refractivity contribution is 0.413. The van der Waals surface area contributed by atoms with Crippen LogP contribution >= 0.6 is 0 Å². The van der Waals surface area contributed by atoms with E-state index in [4.69, 9.17) is 4.74 Å². The van der Waals surface area contributed by atoms with Crippen molar-refractivity contribution in [2.75, 3.05) is 7.11 Å². The number of ether oxygens (including phenoxy) is 1. The average Bonchev–Trinajstić information content (AvgIpc) is 2.52. The van der Waals surface area contributed by atoms with Crippen LogP contribution in [0, 0.1) is 20.8 Å². The maximum atomic E-state index is 13.0. The molecule has 0 heterocycles. The van der Waals surface area contributed by atoms with Crippen molar-refractivity contribution in [1.82, 2.24) is 4.72 Å². The minimum atomic E-state index is -3.63. The summed E-state index contributed by atoms with van der Waals surface area (Å²) in [4.78, 5) is 0.329. The molecule has 0 saturated heterocycles. The van der Waals surface area contributed by atoms with Crippen LogP contribution in [-0.4, -0.2) is 15.5 Å². The fourth-order valence-corrected chi connectivity index (χ4v) is 4.79. The highest BCUT2D eigenvalue weighted by Gasteiger charge is 2.25. The summed E-state index contributed by atoms with van der Waals surface area (Å²) in [6, 6.07) is 11.1. The normalized spacial score (nSPS) is 12.9. The summed E-state index contributed by atoms with van der Waals surface area (Å²) in [6.45, 7) is 7.56. The summed E-state index contributed by atoms with van der Waals surface area (Å²) in [5.74, 6) is 0.662. The van der Waals surface area contributed by atoms with Gasteiger partial charge in [0.1, 0.15) is 5.75 Å². The molecule has 24 heavy (non-hydrogen) atoms. The molecule has 0 saturated carbocycles. The van der Waals surface area contributed by atoms with Gasteiger partial charge in [0, 0.05) is 6.04 Å². The van der Waals surface area contributed by atoms with Gasteiger partial charge in [-0.3, -0.25) is 0 Å². The molecule has 1 atom stereocenters. The van der Waals surface area contributed by atoms with Gasteiger partial charge in [0.15, 0.2) is 0 Å². The first-order chi connectivity index (χ1) is 11.3. The molecule has 2 aromatic rings. The number of aryl methyl sites for hydroxylation is 3. The zero-order valence-corrected chi connectivity index (χ0v) is 15.7. The number of hydrogen-bond acceptors (Lipinski definition) is 3. The molecule has 4 nitrogen and oxygen atoms in total. The minimum absolute atomic E-state index is 0.253. The predicted molar refractivity (Wildman–Crippen MR) is 97.0 cm³/mol. The first kappa shape index (κ1) is 18.5. The van der Waals surface area contributed by atoms with Crippen LogP contribution in [0.2, 0.25) is 0 Å². The zero-order chi connectivity index (χ0) is 17.9. The van der Waals surface area contributed by atoms with E-state index in [0.717, 1.165) is 11.1 Å². The second-order valence-electron chi connectivity index (χ2n) is 6.03. The Morgan fingerprint density at radius 3 is 2.12 bits per heavy atom. The largest absolute Gasteiger partial charge is 0.497 e. The highest BCUT2D eigenvalue weighted by atomic mass is 32.2. The molecule has 0 unspecified atom stereocenters. The Hall–Kier alpha value is -1.85. The number of benzene rings is 2. The first-order valence-corrected chi connectivity index (χ1v) is 9.51. The van der Waals surface area contributed by atoms with Crippen molar-refractivity contribution >= 4 is 10.0 Å². The fourth-order valence-electron chi connectivity index (χ4n) is 3.04. The third-order valence-electron chi connectivity index (χ3n) is 4.21. The molecular weight excluding hydrogens is 322 g/mol. The van der Waals surface area contributed by atoms with Gasteiger partial charge in [0.2, 0.25) is 10.0 Å². The molecule has 2 aromatic carbocycles. The number of methoxy groups -OCH3 is 1. The van der Waals surface area contributed by atoms with Crippen molar-refractivity contribution in [3.8, 4) is 5.75 Å². The summed E-state index contributed by atoms with van der Waals surface area (Å²) in [6.07, 6.45) is 0.679. The molecule has 130 valence electrons. The van der Waals surface area contributed by atoms with Crippen LogP contribution in [-0.2, 0) is 10.0 Å². The highest BCUT2D eigenvalue weighted by Crippen LogP contribution is 2.28. The lowest BCUT2D eigenvalue weighted by atomic mass is 10.0. The van der Waals surface area contributed by atoms with E-state index in [9.17, 15) is 8.42 Å². The SMILES string of the molecule is CC[C@@H](NS(=O)(=O)c1c(C)cc(OC)cc1C)c1ccccc1C. The van der Waals surface area contributed by atoms with Gasteiger partial charge in [-0.2, -0.15) is 0 Å². The summed E-state index contributed by atoms with van der Waals surface area (Å²) in [5, 5.41) is 0. The van der Waals surface area contributed by atoms with Gasteiger partial charge in [-0.15, -0.1) is 0 Å². The lowest BCUT2D eigenvalue weighted by Crippen LogP contribution is -2.30. The molecular formula is C19H25NO3S. The van der Waals surface area contributed by atoms with Crippen molar-refractivity contribution in [3.63, 3.8) is 0 Å². The molecule has 0 aliphatic carbocycles. The smallest absolute Gasteiger partial charge is 0.241 e. The number of rotatable bonds is 6. The van der Waals surface area contributed by atoms with E-state index < -0.39 is 10.0 Å². The minimum Gasteiger partial charge on any atom is -0.497 e. The van der Waals surface area contributed by atoms with E-state index in [1.807, 2.05) is 38.1 Å². The van der Waals surface area contributed by atoms with Crippen LogP contribution < -0.4 is 9.46 Å². The standard InChI is InChI=1S/C19H25NO3S/c1-6-18(17-10-8-7-9-13(17)2)20-24(21,22)19-14(3)11-16(23-5)12-15(19)4/h7-12,18,20H,6H2,1-5H3/t18-/m1/s1. The Morgan fingerprint density at radius 2 is 1.62 bits per heavy atom. The molecule has 1 N–H and O–H groups in total. The second kappa shape index (κ2) is 7.36. The van der Waals surface area contributed by atoms with Crippen LogP contribution in [0.3, 0.4) is 0 Å². The zero-order valence-electron chi connectivity index (χ0n) is 14.9. The molecule has 0 fully saturated rings. The molecule has 0 aliphatic heterocycles. The Bertz CT molecular complexity index is 805. The van der Waals surface area contributed by atoms with Crippen molar-refractivity contribution in [1.29, 1.82) is 0 Å². The average molecular weight is 347 g/mol. The second-order valence-corrected chi connectivity index (χ2v) is 7.68. The fraction of sp³-hybridized carbons (Fsp3) is 0.368. The van der Waals surface area contributed by atoms with Crippen molar-refractivity contribution in [2.24, 2.45) is 0 Å². The monoisotopic (exact) mass is 347 g/mol. The third kappa shape index (κ3) is 3.79. The topological polar surface area (TPSA) is 55.4 Å². The van der Waals surface area contributed by atoms with Gasteiger partial charge in [-0.1, -0.05) is 31.2 Å². The summed E-state index contributed by atoms with van der Waals surface area (Å²) >= 11 is 0. The molecule has 0 radical (unpaired) electrons. The third-order valence-corrected chi connectivity index (χ3v) is 5.98. The van der Waals surface area contributed by atoms with Crippen LogP contribution in [0.5, 0.6) is 5.75 Å². The van der Waals surface area contributed by atoms with E-state index in [1.54, 1.807) is 33.1 Å². The van der Waals surface area contributed by atoms with Crippen molar-refractivity contribution in [3.05, 3.63) is 58.7 Å². The summed E-state index contributed by atoms with van der Waals surface area (Å²) in [5.41, 5.74) is 3.44. The van der Waals surface area contributed by atoms with Crippen LogP contribution in [0.25, 0.3) is 0 Å². The van der Waals surface area contributed by atoms with Gasteiger partial charge in [0.05, 0.1) is 12.0 Å². The maximum Gasteiger partial charge on any atom is 0.241 e. The molecule has 0 bridgehead atoms. The molecule has 2 rings (SSSR count). The van der Waals surface area contributed by atoms with Crippen LogP contribution in [0.4, 0.5) is 0 Å². The van der Waals surface area contributed by atoms with Gasteiger partial charge in [0.25, 0.3) is 0 Å². The lowest BCUT2D eigenvalue weighted by Gasteiger charge is -2.21. The summed E-state index contributed by atoms with van der Waals surface area (Å²) in [7, 11) is -2.05. The number of hydrogen-bond donors (Lipinski definition) is 1. The Morgan fingerprint density at radius 1 is 1.04 bits per heavy atom. The van der Waals surface area contributed by atoms with Gasteiger partial charge >= 0.3 is 0 Å². The first-order valence-electron chi connectivity index (χ1n) is 8.03. The molecule has 0 aliphatic rings. The Balaban J connectivity index is 2.43.